The van der Waals surface area contributed by atoms with Crippen molar-refractivity contribution in [2.24, 2.45) is 10.7 Å². The van der Waals surface area contributed by atoms with Gasteiger partial charge in [-0.15, -0.1) is 0 Å². The van der Waals surface area contributed by atoms with Gasteiger partial charge >= 0.3 is 0 Å². The third kappa shape index (κ3) is 5.10. The third-order valence-electron chi connectivity index (χ3n) is 2.64. The number of hydrogen-bond acceptors (Lipinski definition) is 1. The summed E-state index contributed by atoms with van der Waals surface area (Å²) in [5.41, 5.74) is 5.52. The number of hydrogen-bond donors (Lipinski definition) is 1. The summed E-state index contributed by atoms with van der Waals surface area (Å²) in [4.78, 5) is 4.13. The number of nitrogens with zero attached hydrogens (tertiary/aromatic N) is 1. The molecule has 90 valence electrons. The number of halogens is 1. The summed E-state index contributed by atoms with van der Waals surface area (Å²) in [6.45, 7) is 4.20. The van der Waals surface area contributed by atoms with Gasteiger partial charge in [0.1, 0.15) is 5.67 Å². The highest BCUT2D eigenvalue weighted by atomic mass is 19.1. The minimum absolute atomic E-state index is 0.499. The van der Waals surface area contributed by atoms with Gasteiger partial charge in [-0.3, -0.25) is 4.99 Å². The maximum atomic E-state index is 13.4. The fourth-order valence-corrected chi connectivity index (χ4v) is 1.63. The minimum atomic E-state index is -1.15. The van der Waals surface area contributed by atoms with Crippen LogP contribution in [0.1, 0.15) is 39.5 Å². The van der Waals surface area contributed by atoms with Crippen LogP contribution in [0, 0.1) is 0 Å². The summed E-state index contributed by atoms with van der Waals surface area (Å²) in [5, 5.41) is 0. The number of alkyl halides is 1. The van der Waals surface area contributed by atoms with Gasteiger partial charge in [-0.05, 0) is 39.2 Å². The molecule has 2 N–H and O–H groups in total. The molecule has 2 nitrogen and oxygen atoms in total. The van der Waals surface area contributed by atoms with Gasteiger partial charge in [-0.2, -0.15) is 0 Å². The van der Waals surface area contributed by atoms with E-state index in [1.54, 1.807) is 19.9 Å². The van der Waals surface area contributed by atoms with Crippen LogP contribution in [-0.4, -0.2) is 18.0 Å². The summed E-state index contributed by atoms with van der Waals surface area (Å²) in [5.74, 6) is 0.643. The van der Waals surface area contributed by atoms with Gasteiger partial charge in [0, 0.05) is 13.0 Å². The SMILES string of the molecule is CC(N)=NCCCCC1=CCC(C)(F)C=C1. The van der Waals surface area contributed by atoms with Crippen LogP contribution in [0.4, 0.5) is 4.39 Å². The summed E-state index contributed by atoms with van der Waals surface area (Å²) in [7, 11) is 0. The molecule has 0 aromatic carbocycles. The van der Waals surface area contributed by atoms with E-state index in [4.69, 9.17) is 5.73 Å². The Bertz CT molecular complexity index is 310. The van der Waals surface area contributed by atoms with Crippen molar-refractivity contribution < 1.29 is 4.39 Å². The van der Waals surface area contributed by atoms with E-state index in [1.807, 2.05) is 12.2 Å². The number of aliphatic imine (C=N–C) groups is 1. The fourth-order valence-electron chi connectivity index (χ4n) is 1.63. The smallest absolute Gasteiger partial charge is 0.130 e. The molecular weight excluding hydrogens is 203 g/mol. The molecule has 0 amide bonds. The second-order valence-electron chi connectivity index (χ2n) is 4.57. The molecule has 0 spiro atoms. The van der Waals surface area contributed by atoms with Crippen LogP contribution in [-0.2, 0) is 0 Å². The number of unbranched alkanes of at least 4 members (excludes halogenated alkanes) is 1. The quantitative estimate of drug-likeness (QED) is 0.435. The van der Waals surface area contributed by atoms with Crippen molar-refractivity contribution >= 4 is 5.84 Å². The first-order valence-electron chi connectivity index (χ1n) is 5.83. The van der Waals surface area contributed by atoms with Gasteiger partial charge in [0.25, 0.3) is 0 Å². The van der Waals surface area contributed by atoms with Crippen LogP contribution in [0.15, 0.2) is 28.8 Å². The lowest BCUT2D eigenvalue weighted by Crippen LogP contribution is -2.15. The molecule has 16 heavy (non-hydrogen) atoms. The van der Waals surface area contributed by atoms with E-state index in [9.17, 15) is 4.39 Å². The zero-order chi connectivity index (χ0) is 12.0. The average Bonchev–Trinajstić information content (AvgIpc) is 2.19. The highest BCUT2D eigenvalue weighted by molar-refractivity contribution is 5.77. The molecule has 1 atom stereocenters. The second-order valence-corrected chi connectivity index (χ2v) is 4.57. The normalized spacial score (nSPS) is 25.7. The predicted octanol–water partition coefficient (Wildman–Crippen LogP) is 3.15. The van der Waals surface area contributed by atoms with Crippen LogP contribution in [0.3, 0.4) is 0 Å². The summed E-state index contributed by atoms with van der Waals surface area (Å²) >= 11 is 0. The first-order chi connectivity index (χ1) is 7.49. The summed E-state index contributed by atoms with van der Waals surface area (Å²) in [6, 6.07) is 0. The molecule has 0 saturated carbocycles. The molecule has 0 aromatic rings. The number of allylic oxidation sites excluding steroid dienone is 4. The van der Waals surface area contributed by atoms with E-state index in [2.05, 4.69) is 4.99 Å². The molecule has 0 radical (unpaired) electrons. The molecule has 1 aliphatic carbocycles. The Hall–Kier alpha value is -1.12. The molecule has 1 rings (SSSR count). The maximum absolute atomic E-state index is 13.4. The van der Waals surface area contributed by atoms with Crippen molar-refractivity contribution in [3.63, 3.8) is 0 Å². The Kier molecular flexibility index (Phi) is 4.71. The summed E-state index contributed by atoms with van der Waals surface area (Å²) in [6.07, 6.45) is 9.18. The largest absolute Gasteiger partial charge is 0.388 e. The number of amidine groups is 1. The van der Waals surface area contributed by atoms with Crippen molar-refractivity contribution in [3.05, 3.63) is 23.8 Å². The van der Waals surface area contributed by atoms with Gasteiger partial charge in [0.2, 0.25) is 0 Å². The van der Waals surface area contributed by atoms with E-state index in [-0.39, 0.29) is 0 Å². The lowest BCUT2D eigenvalue weighted by molar-refractivity contribution is 0.258. The first kappa shape index (κ1) is 12.9. The highest BCUT2D eigenvalue weighted by Gasteiger charge is 2.20. The molecule has 1 aliphatic rings. The van der Waals surface area contributed by atoms with Crippen LogP contribution < -0.4 is 5.73 Å². The molecule has 0 fully saturated rings. The molecule has 3 heteroatoms. The molecule has 0 bridgehead atoms. The topological polar surface area (TPSA) is 38.4 Å². The van der Waals surface area contributed by atoms with E-state index in [0.29, 0.717) is 12.3 Å². The van der Waals surface area contributed by atoms with E-state index in [1.165, 1.54) is 5.57 Å². The second kappa shape index (κ2) is 5.83. The zero-order valence-corrected chi connectivity index (χ0v) is 10.2. The van der Waals surface area contributed by atoms with Crippen molar-refractivity contribution in [2.75, 3.05) is 6.54 Å². The van der Waals surface area contributed by atoms with Crippen LogP contribution in [0.2, 0.25) is 0 Å². The van der Waals surface area contributed by atoms with Crippen LogP contribution in [0.5, 0.6) is 0 Å². The van der Waals surface area contributed by atoms with Gasteiger partial charge in [-0.25, -0.2) is 4.39 Å². The van der Waals surface area contributed by atoms with Crippen molar-refractivity contribution in [1.82, 2.24) is 0 Å². The third-order valence-corrected chi connectivity index (χ3v) is 2.64. The van der Waals surface area contributed by atoms with Gasteiger partial charge < -0.3 is 5.73 Å². The zero-order valence-electron chi connectivity index (χ0n) is 10.2. The number of nitrogens with two attached hydrogens (primary N) is 1. The lowest BCUT2D eigenvalue weighted by Gasteiger charge is -2.18. The van der Waals surface area contributed by atoms with Gasteiger partial charge in [-0.1, -0.05) is 17.7 Å². The monoisotopic (exact) mass is 224 g/mol. The predicted molar refractivity (Wildman–Crippen MR) is 67.4 cm³/mol. The Balaban J connectivity index is 2.18. The van der Waals surface area contributed by atoms with Crippen molar-refractivity contribution in [1.29, 1.82) is 0 Å². The summed E-state index contributed by atoms with van der Waals surface area (Å²) < 4.78 is 13.4. The highest BCUT2D eigenvalue weighted by Crippen LogP contribution is 2.26. The Labute approximate surface area is 97.1 Å². The molecule has 1 unspecified atom stereocenters. The van der Waals surface area contributed by atoms with E-state index < -0.39 is 5.67 Å². The van der Waals surface area contributed by atoms with E-state index in [0.717, 1.165) is 25.8 Å². The molecule has 0 aromatic heterocycles. The van der Waals surface area contributed by atoms with Crippen LogP contribution >= 0.6 is 0 Å². The van der Waals surface area contributed by atoms with Crippen molar-refractivity contribution in [3.8, 4) is 0 Å². The van der Waals surface area contributed by atoms with Crippen LogP contribution in [0.25, 0.3) is 0 Å². The Morgan fingerprint density at radius 3 is 2.88 bits per heavy atom. The first-order valence-corrected chi connectivity index (χ1v) is 5.83. The standard InChI is InChI=1S/C13H21FN2/c1-11(15)16-10-4-3-5-12-6-8-13(2,14)9-7-12/h6-8H,3-5,9-10H2,1-2H3,(H2,15,16). The van der Waals surface area contributed by atoms with Gasteiger partial charge in [0.05, 0.1) is 5.84 Å². The molecular formula is C13H21FN2. The Morgan fingerprint density at radius 2 is 2.31 bits per heavy atom. The molecule has 0 heterocycles. The lowest BCUT2D eigenvalue weighted by atomic mass is 9.93. The molecule has 0 saturated heterocycles. The average molecular weight is 224 g/mol. The minimum Gasteiger partial charge on any atom is -0.388 e. The maximum Gasteiger partial charge on any atom is 0.130 e. The fraction of sp³-hybridized carbons (Fsp3) is 0.615. The Morgan fingerprint density at radius 1 is 1.56 bits per heavy atom. The van der Waals surface area contributed by atoms with E-state index >= 15 is 0 Å². The van der Waals surface area contributed by atoms with Crippen molar-refractivity contribution in [2.45, 2.75) is 45.2 Å². The van der Waals surface area contributed by atoms with Gasteiger partial charge in [0.15, 0.2) is 0 Å². The number of rotatable bonds is 5. The molecule has 0 aliphatic heterocycles.